The van der Waals surface area contributed by atoms with E-state index in [0.717, 1.165) is 29.2 Å². The van der Waals surface area contributed by atoms with Gasteiger partial charge >= 0.3 is 12.1 Å². The van der Waals surface area contributed by atoms with Gasteiger partial charge in [0.25, 0.3) is 0 Å². The SMILES string of the molecule is CCN(C(=O)C(F)(F)F)c1ccc(N2CCOCC2)c(C)c1. The Morgan fingerprint density at radius 2 is 1.95 bits per heavy atom. The number of hydrogen-bond donors (Lipinski definition) is 0. The van der Waals surface area contributed by atoms with Crippen LogP contribution in [0, 0.1) is 6.92 Å². The Balaban J connectivity index is 2.25. The third-order valence-corrected chi connectivity index (χ3v) is 3.65. The van der Waals surface area contributed by atoms with Crippen molar-refractivity contribution in [3.63, 3.8) is 0 Å². The van der Waals surface area contributed by atoms with Gasteiger partial charge in [0.05, 0.1) is 13.2 Å². The molecule has 1 saturated heterocycles. The Labute approximate surface area is 127 Å². The van der Waals surface area contributed by atoms with Crippen molar-refractivity contribution in [3.05, 3.63) is 23.8 Å². The summed E-state index contributed by atoms with van der Waals surface area (Å²) in [5.74, 6) is -1.84. The van der Waals surface area contributed by atoms with Crippen LogP contribution in [0.2, 0.25) is 0 Å². The molecule has 0 radical (unpaired) electrons. The Morgan fingerprint density at radius 3 is 2.45 bits per heavy atom. The Bertz CT molecular complexity index is 540. The minimum Gasteiger partial charge on any atom is -0.378 e. The van der Waals surface area contributed by atoms with Crippen molar-refractivity contribution in [2.24, 2.45) is 0 Å². The summed E-state index contributed by atoms with van der Waals surface area (Å²) >= 11 is 0. The molecule has 0 bridgehead atoms. The van der Waals surface area contributed by atoms with Crippen molar-refractivity contribution in [2.75, 3.05) is 42.6 Å². The zero-order valence-corrected chi connectivity index (χ0v) is 12.6. The molecule has 4 nitrogen and oxygen atoms in total. The van der Waals surface area contributed by atoms with Crippen molar-refractivity contribution >= 4 is 17.3 Å². The molecule has 122 valence electrons. The summed E-state index contributed by atoms with van der Waals surface area (Å²) in [5, 5.41) is 0. The molecule has 22 heavy (non-hydrogen) atoms. The molecule has 1 aliphatic rings. The molecule has 0 aliphatic carbocycles. The first kappa shape index (κ1) is 16.6. The van der Waals surface area contributed by atoms with Crippen molar-refractivity contribution in [1.29, 1.82) is 0 Å². The summed E-state index contributed by atoms with van der Waals surface area (Å²) in [7, 11) is 0. The molecule has 1 aromatic carbocycles. The van der Waals surface area contributed by atoms with Gasteiger partial charge in [-0.05, 0) is 37.6 Å². The van der Waals surface area contributed by atoms with E-state index in [2.05, 4.69) is 4.90 Å². The van der Waals surface area contributed by atoms with E-state index in [1.54, 1.807) is 18.2 Å². The van der Waals surface area contributed by atoms with E-state index in [-0.39, 0.29) is 12.2 Å². The number of ether oxygens (including phenoxy) is 1. The second kappa shape index (κ2) is 6.56. The number of rotatable bonds is 3. The third-order valence-electron chi connectivity index (χ3n) is 3.65. The highest BCUT2D eigenvalue weighted by Crippen LogP contribution is 2.29. The number of carbonyl (C=O) groups excluding carboxylic acids is 1. The van der Waals surface area contributed by atoms with Gasteiger partial charge in [0.2, 0.25) is 0 Å². The fourth-order valence-corrected chi connectivity index (χ4v) is 2.56. The highest BCUT2D eigenvalue weighted by atomic mass is 19.4. The van der Waals surface area contributed by atoms with Crippen LogP contribution in [0.25, 0.3) is 0 Å². The molecule has 1 fully saturated rings. The van der Waals surface area contributed by atoms with E-state index in [1.807, 2.05) is 6.92 Å². The van der Waals surface area contributed by atoms with Crippen molar-refractivity contribution in [3.8, 4) is 0 Å². The first-order chi connectivity index (χ1) is 10.3. The van der Waals surface area contributed by atoms with Crippen molar-refractivity contribution < 1.29 is 22.7 Å². The van der Waals surface area contributed by atoms with Crippen LogP contribution in [-0.4, -0.2) is 44.9 Å². The van der Waals surface area contributed by atoms with Crippen LogP contribution in [-0.2, 0) is 9.53 Å². The predicted octanol–water partition coefficient (Wildman–Crippen LogP) is 2.75. The highest BCUT2D eigenvalue weighted by Gasteiger charge is 2.42. The topological polar surface area (TPSA) is 32.8 Å². The zero-order valence-electron chi connectivity index (χ0n) is 12.6. The molecular formula is C15H19F3N2O2. The van der Waals surface area contributed by atoms with Gasteiger partial charge in [0, 0.05) is 31.0 Å². The lowest BCUT2D eigenvalue weighted by Crippen LogP contribution is -2.41. The summed E-state index contributed by atoms with van der Waals surface area (Å²) in [6.07, 6.45) is -4.87. The normalized spacial score (nSPS) is 15.8. The number of morpholine rings is 1. The van der Waals surface area contributed by atoms with Gasteiger partial charge in [-0.15, -0.1) is 0 Å². The van der Waals surface area contributed by atoms with Crippen molar-refractivity contribution in [2.45, 2.75) is 20.0 Å². The van der Waals surface area contributed by atoms with E-state index >= 15 is 0 Å². The molecule has 7 heteroatoms. The average Bonchev–Trinajstić information content (AvgIpc) is 2.48. The zero-order chi connectivity index (χ0) is 16.3. The maximum Gasteiger partial charge on any atom is 0.471 e. The van der Waals surface area contributed by atoms with Crippen LogP contribution >= 0.6 is 0 Å². The molecule has 0 N–H and O–H groups in total. The highest BCUT2D eigenvalue weighted by molar-refractivity contribution is 5.97. The van der Waals surface area contributed by atoms with Crippen LogP contribution in [0.15, 0.2) is 18.2 Å². The molecule has 0 unspecified atom stereocenters. The standard InChI is InChI=1S/C15H19F3N2O2/c1-3-20(14(21)15(16,17)18)12-4-5-13(11(2)10-12)19-6-8-22-9-7-19/h4-5,10H,3,6-9H2,1-2H3. The summed E-state index contributed by atoms with van der Waals surface area (Å²) in [6, 6.07) is 4.95. The smallest absolute Gasteiger partial charge is 0.378 e. The van der Waals surface area contributed by atoms with E-state index < -0.39 is 12.1 Å². The molecule has 2 rings (SSSR count). The van der Waals surface area contributed by atoms with Gasteiger partial charge in [-0.3, -0.25) is 4.79 Å². The fraction of sp³-hybridized carbons (Fsp3) is 0.533. The van der Waals surface area contributed by atoms with Gasteiger partial charge in [0.15, 0.2) is 0 Å². The summed E-state index contributed by atoms with van der Waals surface area (Å²) in [6.45, 7) is 6.09. The number of halogens is 3. The second-order valence-corrected chi connectivity index (χ2v) is 5.12. The number of benzene rings is 1. The number of aryl methyl sites for hydroxylation is 1. The van der Waals surface area contributed by atoms with E-state index in [0.29, 0.717) is 13.2 Å². The third kappa shape index (κ3) is 3.52. The molecule has 1 amide bonds. The van der Waals surface area contributed by atoms with Gasteiger partial charge in [-0.2, -0.15) is 13.2 Å². The minimum absolute atomic E-state index is 0.0331. The molecular weight excluding hydrogens is 297 g/mol. The molecule has 1 aromatic rings. The summed E-state index contributed by atoms with van der Waals surface area (Å²) in [5.41, 5.74) is 2.06. The number of anilines is 2. The Hall–Kier alpha value is -1.76. The number of amides is 1. The fourth-order valence-electron chi connectivity index (χ4n) is 2.56. The lowest BCUT2D eigenvalue weighted by molar-refractivity contribution is -0.170. The largest absolute Gasteiger partial charge is 0.471 e. The quantitative estimate of drug-likeness (QED) is 0.859. The number of nitrogens with zero attached hydrogens (tertiary/aromatic N) is 2. The molecule has 0 saturated carbocycles. The van der Waals surface area contributed by atoms with Gasteiger partial charge < -0.3 is 14.5 Å². The van der Waals surface area contributed by atoms with Crippen LogP contribution in [0.4, 0.5) is 24.5 Å². The van der Waals surface area contributed by atoms with E-state index in [1.165, 1.54) is 6.92 Å². The maximum absolute atomic E-state index is 12.6. The average molecular weight is 316 g/mol. The summed E-state index contributed by atoms with van der Waals surface area (Å²) in [4.78, 5) is 14.3. The molecule has 1 heterocycles. The molecule has 1 aliphatic heterocycles. The Morgan fingerprint density at radius 1 is 1.32 bits per heavy atom. The number of alkyl halides is 3. The first-order valence-corrected chi connectivity index (χ1v) is 7.16. The molecule has 0 aromatic heterocycles. The maximum atomic E-state index is 12.6. The predicted molar refractivity (Wildman–Crippen MR) is 78.3 cm³/mol. The van der Waals surface area contributed by atoms with E-state index in [9.17, 15) is 18.0 Å². The lowest BCUT2D eigenvalue weighted by atomic mass is 10.1. The van der Waals surface area contributed by atoms with Gasteiger partial charge in [-0.1, -0.05) is 0 Å². The minimum atomic E-state index is -4.87. The van der Waals surface area contributed by atoms with E-state index in [4.69, 9.17) is 4.74 Å². The van der Waals surface area contributed by atoms with Crippen LogP contribution in [0.3, 0.4) is 0 Å². The summed E-state index contributed by atoms with van der Waals surface area (Å²) < 4.78 is 43.2. The van der Waals surface area contributed by atoms with Gasteiger partial charge in [-0.25, -0.2) is 0 Å². The second-order valence-electron chi connectivity index (χ2n) is 5.12. The van der Waals surface area contributed by atoms with Crippen LogP contribution in [0.5, 0.6) is 0 Å². The lowest BCUT2D eigenvalue weighted by Gasteiger charge is -2.31. The van der Waals surface area contributed by atoms with Crippen LogP contribution < -0.4 is 9.80 Å². The Kier molecular flexibility index (Phi) is 4.95. The molecule has 0 spiro atoms. The first-order valence-electron chi connectivity index (χ1n) is 7.16. The van der Waals surface area contributed by atoms with Crippen LogP contribution in [0.1, 0.15) is 12.5 Å². The van der Waals surface area contributed by atoms with Gasteiger partial charge in [0.1, 0.15) is 0 Å². The van der Waals surface area contributed by atoms with Crippen molar-refractivity contribution in [1.82, 2.24) is 0 Å². The monoisotopic (exact) mass is 316 g/mol. The number of carbonyl (C=O) groups is 1. The number of hydrogen-bond acceptors (Lipinski definition) is 3. The molecule has 0 atom stereocenters.